The van der Waals surface area contributed by atoms with E-state index in [2.05, 4.69) is 20.1 Å². The van der Waals surface area contributed by atoms with Crippen molar-refractivity contribution in [3.8, 4) is 17.2 Å². The van der Waals surface area contributed by atoms with Crippen molar-refractivity contribution >= 4 is 22.6 Å². The molecular formula is C18H14ClN5O2. The largest absolute Gasteiger partial charge is 0.339 e. The van der Waals surface area contributed by atoms with Crippen LogP contribution >= 0.6 is 11.6 Å². The number of hydrogen-bond donors (Lipinski definition) is 2. The summed E-state index contributed by atoms with van der Waals surface area (Å²) in [6.07, 6.45) is 0. The van der Waals surface area contributed by atoms with Gasteiger partial charge in [0, 0.05) is 22.5 Å². The number of halogens is 1. The number of nitrogens with one attached hydrogen (secondary N) is 2. The van der Waals surface area contributed by atoms with Gasteiger partial charge >= 0.3 is 0 Å². The van der Waals surface area contributed by atoms with Gasteiger partial charge in [0.25, 0.3) is 11.5 Å². The lowest BCUT2D eigenvalue weighted by atomic mass is 10.1. The Kier molecular flexibility index (Phi) is 3.73. The number of hydrogen-bond acceptors (Lipinski definition) is 4. The maximum absolute atomic E-state index is 12.7. The molecule has 0 amide bonds. The van der Waals surface area contributed by atoms with E-state index in [1.54, 1.807) is 30.3 Å². The molecule has 2 N–H and O–H groups in total. The molecule has 8 heteroatoms. The van der Waals surface area contributed by atoms with Gasteiger partial charge in [-0.05, 0) is 37.6 Å². The molecule has 3 heterocycles. The monoisotopic (exact) mass is 367 g/mol. The van der Waals surface area contributed by atoms with E-state index in [0.29, 0.717) is 16.4 Å². The van der Waals surface area contributed by atoms with Crippen LogP contribution in [0.1, 0.15) is 11.4 Å². The fourth-order valence-corrected chi connectivity index (χ4v) is 2.99. The number of aromatic amines is 2. The number of fused-ring (bicyclic) bond motifs is 1. The molecule has 26 heavy (non-hydrogen) atoms. The average molecular weight is 368 g/mol. The first kappa shape index (κ1) is 16.3. The van der Waals surface area contributed by atoms with Gasteiger partial charge in [-0.2, -0.15) is 4.68 Å². The third-order valence-corrected chi connectivity index (χ3v) is 4.25. The number of nitrogens with zero attached hydrogens (tertiary/aromatic N) is 3. The molecule has 1 aromatic carbocycles. The highest BCUT2D eigenvalue weighted by Gasteiger charge is 2.15. The van der Waals surface area contributed by atoms with E-state index >= 15 is 0 Å². The van der Waals surface area contributed by atoms with Crippen LogP contribution < -0.4 is 11.0 Å². The molecule has 4 aromatic rings. The van der Waals surface area contributed by atoms with Crippen LogP contribution in [-0.2, 0) is 0 Å². The first-order valence-corrected chi connectivity index (χ1v) is 8.27. The molecule has 0 atom stereocenters. The van der Waals surface area contributed by atoms with Crippen molar-refractivity contribution in [3.05, 3.63) is 73.4 Å². The number of aromatic nitrogens is 5. The minimum atomic E-state index is -0.492. The quantitative estimate of drug-likeness (QED) is 0.569. The van der Waals surface area contributed by atoms with Gasteiger partial charge in [0.1, 0.15) is 11.0 Å². The lowest BCUT2D eigenvalue weighted by molar-refractivity contribution is 0.778. The summed E-state index contributed by atoms with van der Waals surface area (Å²) < 4.78 is 1.17. The molecule has 0 fully saturated rings. The number of aryl methyl sites for hydroxylation is 2. The molecule has 0 unspecified atom stereocenters. The van der Waals surface area contributed by atoms with E-state index in [9.17, 15) is 9.59 Å². The Morgan fingerprint density at radius 3 is 2.31 bits per heavy atom. The first-order valence-electron chi connectivity index (χ1n) is 7.89. The highest BCUT2D eigenvalue weighted by Crippen LogP contribution is 2.19. The van der Waals surface area contributed by atoms with Crippen LogP contribution in [-0.4, -0.2) is 24.7 Å². The zero-order valence-corrected chi connectivity index (χ0v) is 14.8. The minimum absolute atomic E-state index is 0.0328. The molecule has 3 aromatic heterocycles. The second-order valence-electron chi connectivity index (χ2n) is 6.01. The topological polar surface area (TPSA) is 96.4 Å². The molecule has 0 aliphatic rings. The molecule has 7 nitrogen and oxygen atoms in total. The van der Waals surface area contributed by atoms with Crippen molar-refractivity contribution in [1.29, 1.82) is 0 Å². The van der Waals surface area contributed by atoms with Gasteiger partial charge in [-0.1, -0.05) is 23.7 Å². The molecule has 0 saturated heterocycles. The molecule has 0 saturated carbocycles. The summed E-state index contributed by atoms with van der Waals surface area (Å²) in [6.45, 7) is 3.63. The van der Waals surface area contributed by atoms with Gasteiger partial charge in [-0.25, -0.2) is 9.97 Å². The Labute approximate surface area is 152 Å². The van der Waals surface area contributed by atoms with Crippen molar-refractivity contribution in [2.45, 2.75) is 13.8 Å². The van der Waals surface area contributed by atoms with Crippen molar-refractivity contribution in [1.82, 2.24) is 24.7 Å². The van der Waals surface area contributed by atoms with Crippen LogP contribution in [0.3, 0.4) is 0 Å². The molecular weight excluding hydrogens is 354 g/mol. The molecule has 0 aliphatic carbocycles. The van der Waals surface area contributed by atoms with E-state index < -0.39 is 5.56 Å². The third kappa shape index (κ3) is 2.72. The fourth-order valence-electron chi connectivity index (χ4n) is 2.86. The lowest BCUT2D eigenvalue weighted by Crippen LogP contribution is -2.20. The van der Waals surface area contributed by atoms with E-state index in [-0.39, 0.29) is 16.8 Å². The highest BCUT2D eigenvalue weighted by molar-refractivity contribution is 6.30. The molecule has 0 spiro atoms. The fraction of sp³-hybridized carbons (Fsp3) is 0.111. The number of rotatable bonds is 2. The summed E-state index contributed by atoms with van der Waals surface area (Å²) in [5, 5.41) is 3.53. The zero-order valence-electron chi connectivity index (χ0n) is 14.0. The van der Waals surface area contributed by atoms with Crippen molar-refractivity contribution < 1.29 is 0 Å². The number of pyridine rings is 1. The number of benzene rings is 1. The maximum atomic E-state index is 12.7. The Morgan fingerprint density at radius 1 is 1.00 bits per heavy atom. The van der Waals surface area contributed by atoms with E-state index in [4.69, 9.17) is 11.6 Å². The van der Waals surface area contributed by atoms with Gasteiger partial charge in [-0.3, -0.25) is 14.7 Å². The van der Waals surface area contributed by atoms with E-state index in [1.165, 1.54) is 10.7 Å². The summed E-state index contributed by atoms with van der Waals surface area (Å²) in [4.78, 5) is 36.8. The average Bonchev–Trinajstić information content (AvgIpc) is 2.92. The van der Waals surface area contributed by atoms with Gasteiger partial charge in [0.05, 0.1) is 5.69 Å². The molecule has 130 valence electrons. The van der Waals surface area contributed by atoms with E-state index in [0.717, 1.165) is 17.0 Å². The van der Waals surface area contributed by atoms with Crippen LogP contribution in [0.5, 0.6) is 0 Å². The second kappa shape index (κ2) is 5.96. The molecule has 0 bridgehead atoms. The highest BCUT2D eigenvalue weighted by atomic mass is 35.5. The predicted molar refractivity (Wildman–Crippen MR) is 100 cm³/mol. The molecule has 0 radical (unpaired) electrons. The minimum Gasteiger partial charge on any atom is -0.339 e. The predicted octanol–water partition coefficient (Wildman–Crippen LogP) is 2.73. The first-order chi connectivity index (χ1) is 12.4. The number of H-pyrrole nitrogens is 2. The Balaban J connectivity index is 1.95. The van der Waals surface area contributed by atoms with E-state index in [1.807, 2.05) is 13.8 Å². The van der Waals surface area contributed by atoms with Crippen molar-refractivity contribution in [2.75, 3.05) is 0 Å². The van der Waals surface area contributed by atoms with Crippen LogP contribution in [0, 0.1) is 13.8 Å². The summed E-state index contributed by atoms with van der Waals surface area (Å²) in [6, 6.07) is 10.3. The summed E-state index contributed by atoms with van der Waals surface area (Å²) in [5.41, 5.74) is 2.26. The molecule has 4 rings (SSSR count). The Hall–Kier alpha value is -3.19. The van der Waals surface area contributed by atoms with Crippen molar-refractivity contribution in [2.24, 2.45) is 0 Å². The normalized spacial score (nSPS) is 11.2. The van der Waals surface area contributed by atoms with Crippen LogP contribution in [0.2, 0.25) is 5.02 Å². The zero-order chi connectivity index (χ0) is 18.4. The maximum Gasteiger partial charge on any atom is 0.287 e. The lowest BCUT2D eigenvalue weighted by Gasteiger charge is -2.03. The molecule has 0 aliphatic heterocycles. The standard InChI is InChI=1S/C18H14ClN5O2/c1-9-7-10(2)21-18(20-9)24-17(26)15-14(25)8-13(22-16(15)23-24)11-3-5-12(19)6-4-11/h3-8H,1-2H3,(H2,22,23,25). The Bertz CT molecular complexity index is 1230. The van der Waals surface area contributed by atoms with Crippen LogP contribution in [0.4, 0.5) is 0 Å². The summed E-state index contributed by atoms with van der Waals surface area (Å²) in [5.74, 6) is 0.199. The summed E-state index contributed by atoms with van der Waals surface area (Å²) in [7, 11) is 0. The van der Waals surface area contributed by atoms with Crippen molar-refractivity contribution in [3.63, 3.8) is 0 Å². The van der Waals surface area contributed by atoms with Crippen LogP contribution in [0.15, 0.2) is 46.0 Å². The van der Waals surface area contributed by atoms with Gasteiger partial charge in [-0.15, -0.1) is 0 Å². The van der Waals surface area contributed by atoms with Gasteiger partial charge in [0.15, 0.2) is 5.43 Å². The second-order valence-corrected chi connectivity index (χ2v) is 6.44. The van der Waals surface area contributed by atoms with Crippen LogP contribution in [0.25, 0.3) is 28.2 Å². The summed E-state index contributed by atoms with van der Waals surface area (Å²) >= 11 is 5.91. The smallest absolute Gasteiger partial charge is 0.287 e. The third-order valence-electron chi connectivity index (χ3n) is 4.00. The van der Waals surface area contributed by atoms with Gasteiger partial charge in [0.2, 0.25) is 0 Å². The Morgan fingerprint density at radius 2 is 1.65 bits per heavy atom. The van der Waals surface area contributed by atoms with Gasteiger partial charge < -0.3 is 4.98 Å². The SMILES string of the molecule is Cc1cc(C)nc(-n2[nH]c3[nH]c(-c4ccc(Cl)cc4)cc(=O)c3c2=O)n1.